The third-order valence-corrected chi connectivity index (χ3v) is 4.08. The van der Waals surface area contributed by atoms with E-state index in [1.54, 1.807) is 0 Å². The fourth-order valence-electron chi connectivity index (χ4n) is 3.06. The van der Waals surface area contributed by atoms with E-state index in [-0.39, 0.29) is 0 Å². The maximum absolute atomic E-state index is 4.66. The van der Waals surface area contributed by atoms with Crippen LogP contribution in [0.15, 0.2) is 18.3 Å². The van der Waals surface area contributed by atoms with Gasteiger partial charge in [0.05, 0.1) is 11.7 Å². The molecule has 0 spiro atoms. The second-order valence-corrected chi connectivity index (χ2v) is 5.79. The lowest BCUT2D eigenvalue weighted by Crippen LogP contribution is -2.41. The molecule has 2 rings (SSSR count). The number of nitrogens with zero attached hydrogens (tertiary/aromatic N) is 2. The second-order valence-electron chi connectivity index (χ2n) is 5.79. The summed E-state index contributed by atoms with van der Waals surface area (Å²) in [5.74, 6) is 0.681. The Hall–Kier alpha value is -0.930. The van der Waals surface area contributed by atoms with E-state index in [4.69, 9.17) is 0 Å². The van der Waals surface area contributed by atoms with E-state index in [0.717, 1.165) is 13.1 Å². The molecule has 0 radical (unpaired) electrons. The Morgan fingerprint density at radius 3 is 2.95 bits per heavy atom. The summed E-state index contributed by atoms with van der Waals surface area (Å²) in [7, 11) is 2.23. The maximum atomic E-state index is 4.66. The maximum Gasteiger partial charge on any atom is 0.0578 e. The zero-order valence-corrected chi connectivity index (χ0v) is 12.5. The first-order valence-electron chi connectivity index (χ1n) is 7.56. The van der Waals surface area contributed by atoms with E-state index in [2.05, 4.69) is 48.2 Å². The van der Waals surface area contributed by atoms with Crippen LogP contribution in [0.2, 0.25) is 0 Å². The fraction of sp³-hybridized carbons (Fsp3) is 0.688. The number of aromatic nitrogens is 1. The lowest BCUT2D eigenvalue weighted by molar-refractivity contribution is 0.116. The highest BCUT2D eigenvalue weighted by Gasteiger charge is 2.30. The number of aryl methyl sites for hydroxylation is 1. The molecule has 2 unspecified atom stereocenters. The number of pyridine rings is 1. The number of hydrogen-bond donors (Lipinski definition) is 1. The second kappa shape index (κ2) is 7.01. The van der Waals surface area contributed by atoms with Crippen molar-refractivity contribution in [2.45, 2.75) is 39.2 Å². The standard InChI is InChI=1S/C16H27N3/c1-4-9-17-12-14-6-5-10-19(3)16(14)15-8-7-13(2)11-18-15/h7-8,11,14,16-17H,4-6,9-10,12H2,1-3H3. The molecule has 1 N–H and O–H groups in total. The highest BCUT2D eigenvalue weighted by molar-refractivity contribution is 5.16. The summed E-state index contributed by atoms with van der Waals surface area (Å²) in [6.45, 7) is 7.73. The van der Waals surface area contributed by atoms with Gasteiger partial charge in [0.25, 0.3) is 0 Å². The molecule has 1 aromatic rings. The average Bonchev–Trinajstić information content (AvgIpc) is 2.41. The van der Waals surface area contributed by atoms with Crippen LogP contribution in [0.3, 0.4) is 0 Å². The topological polar surface area (TPSA) is 28.2 Å². The van der Waals surface area contributed by atoms with Gasteiger partial charge in [0.1, 0.15) is 0 Å². The number of rotatable bonds is 5. The molecule has 0 bridgehead atoms. The third-order valence-electron chi connectivity index (χ3n) is 4.08. The lowest BCUT2D eigenvalue weighted by Gasteiger charge is -2.39. The van der Waals surface area contributed by atoms with Crippen molar-refractivity contribution in [2.75, 3.05) is 26.7 Å². The highest BCUT2D eigenvalue weighted by Crippen LogP contribution is 2.33. The van der Waals surface area contributed by atoms with Crippen molar-refractivity contribution in [2.24, 2.45) is 5.92 Å². The van der Waals surface area contributed by atoms with E-state index in [1.165, 1.54) is 37.1 Å². The Bertz CT molecular complexity index is 374. The van der Waals surface area contributed by atoms with Crippen molar-refractivity contribution in [1.82, 2.24) is 15.2 Å². The van der Waals surface area contributed by atoms with Crippen LogP contribution in [0.4, 0.5) is 0 Å². The molecule has 1 fully saturated rings. The molecule has 19 heavy (non-hydrogen) atoms. The SMILES string of the molecule is CCCNCC1CCCN(C)C1c1ccc(C)cn1. The van der Waals surface area contributed by atoms with Gasteiger partial charge in [0, 0.05) is 6.20 Å². The van der Waals surface area contributed by atoms with Gasteiger partial charge in [-0.2, -0.15) is 0 Å². The summed E-state index contributed by atoms with van der Waals surface area (Å²) in [6, 6.07) is 4.86. The van der Waals surface area contributed by atoms with Crippen LogP contribution < -0.4 is 5.32 Å². The van der Waals surface area contributed by atoms with Gasteiger partial charge in [-0.3, -0.25) is 9.88 Å². The quantitative estimate of drug-likeness (QED) is 0.826. The molecule has 0 saturated carbocycles. The summed E-state index contributed by atoms with van der Waals surface area (Å²) in [5.41, 5.74) is 2.47. The molecule has 1 aliphatic rings. The van der Waals surface area contributed by atoms with Gasteiger partial charge in [-0.25, -0.2) is 0 Å². The van der Waals surface area contributed by atoms with E-state index in [9.17, 15) is 0 Å². The first-order valence-corrected chi connectivity index (χ1v) is 7.56. The number of piperidine rings is 1. The molecule has 0 amide bonds. The molecule has 0 aliphatic carbocycles. The monoisotopic (exact) mass is 261 g/mol. The summed E-state index contributed by atoms with van der Waals surface area (Å²) >= 11 is 0. The van der Waals surface area contributed by atoms with Crippen LogP contribution in [0.25, 0.3) is 0 Å². The number of likely N-dealkylation sites (tertiary alicyclic amines) is 1. The first kappa shape index (κ1) is 14.5. The Labute approximate surface area is 117 Å². The summed E-state index contributed by atoms with van der Waals surface area (Å²) < 4.78 is 0. The normalized spacial score (nSPS) is 24.6. The van der Waals surface area contributed by atoms with E-state index in [1.807, 2.05) is 6.20 Å². The molecule has 3 nitrogen and oxygen atoms in total. The van der Waals surface area contributed by atoms with Gasteiger partial charge in [-0.1, -0.05) is 13.0 Å². The molecule has 2 atom stereocenters. The third kappa shape index (κ3) is 3.77. The minimum absolute atomic E-state index is 0.471. The Morgan fingerprint density at radius 2 is 2.26 bits per heavy atom. The van der Waals surface area contributed by atoms with E-state index < -0.39 is 0 Å². The van der Waals surface area contributed by atoms with Gasteiger partial charge < -0.3 is 5.32 Å². The van der Waals surface area contributed by atoms with Crippen LogP contribution in [0.5, 0.6) is 0 Å². The molecule has 106 valence electrons. The van der Waals surface area contributed by atoms with Crippen LogP contribution in [-0.4, -0.2) is 36.6 Å². The zero-order valence-electron chi connectivity index (χ0n) is 12.5. The van der Waals surface area contributed by atoms with Gasteiger partial charge in [0.15, 0.2) is 0 Å². The van der Waals surface area contributed by atoms with Gasteiger partial charge in [-0.15, -0.1) is 0 Å². The van der Waals surface area contributed by atoms with E-state index >= 15 is 0 Å². The Morgan fingerprint density at radius 1 is 1.42 bits per heavy atom. The molecule has 0 aromatic carbocycles. The lowest BCUT2D eigenvalue weighted by atomic mass is 9.87. The fourth-order valence-corrected chi connectivity index (χ4v) is 3.06. The Kier molecular flexibility index (Phi) is 5.34. The van der Waals surface area contributed by atoms with Crippen LogP contribution in [-0.2, 0) is 0 Å². The molecule has 1 aliphatic heterocycles. The molecule has 1 saturated heterocycles. The summed E-state index contributed by atoms with van der Waals surface area (Å²) in [6.07, 6.45) is 5.81. The van der Waals surface area contributed by atoms with Crippen molar-refractivity contribution in [1.29, 1.82) is 0 Å². The first-order chi connectivity index (χ1) is 9.22. The predicted molar refractivity (Wildman–Crippen MR) is 80.2 cm³/mol. The molecule has 3 heteroatoms. The minimum Gasteiger partial charge on any atom is -0.316 e. The number of nitrogens with one attached hydrogen (secondary N) is 1. The highest BCUT2D eigenvalue weighted by atomic mass is 15.2. The van der Waals surface area contributed by atoms with Crippen LogP contribution in [0, 0.1) is 12.8 Å². The summed E-state index contributed by atoms with van der Waals surface area (Å²) in [5, 5.41) is 3.58. The van der Waals surface area contributed by atoms with Crippen molar-refractivity contribution in [3.8, 4) is 0 Å². The Balaban J connectivity index is 2.09. The van der Waals surface area contributed by atoms with Gasteiger partial charge in [0.2, 0.25) is 0 Å². The van der Waals surface area contributed by atoms with Crippen molar-refractivity contribution in [3.05, 3.63) is 29.6 Å². The van der Waals surface area contributed by atoms with Crippen molar-refractivity contribution >= 4 is 0 Å². The molecular formula is C16H27N3. The van der Waals surface area contributed by atoms with Crippen molar-refractivity contribution < 1.29 is 0 Å². The average molecular weight is 261 g/mol. The molecule has 1 aromatic heterocycles. The summed E-state index contributed by atoms with van der Waals surface area (Å²) in [4.78, 5) is 7.13. The zero-order chi connectivity index (χ0) is 13.7. The number of hydrogen-bond acceptors (Lipinski definition) is 3. The van der Waals surface area contributed by atoms with Crippen molar-refractivity contribution in [3.63, 3.8) is 0 Å². The molecule has 2 heterocycles. The predicted octanol–water partition coefficient (Wildman–Crippen LogP) is 2.77. The van der Waals surface area contributed by atoms with Gasteiger partial charge >= 0.3 is 0 Å². The largest absolute Gasteiger partial charge is 0.316 e. The minimum atomic E-state index is 0.471. The van der Waals surface area contributed by atoms with E-state index in [0.29, 0.717) is 12.0 Å². The molecular weight excluding hydrogens is 234 g/mol. The smallest absolute Gasteiger partial charge is 0.0578 e. The van der Waals surface area contributed by atoms with Crippen LogP contribution >= 0.6 is 0 Å². The van der Waals surface area contributed by atoms with Crippen LogP contribution in [0.1, 0.15) is 43.5 Å². The van der Waals surface area contributed by atoms with Gasteiger partial charge in [-0.05, 0) is 70.4 Å².